The molecule has 9 heteroatoms. The zero-order valence-corrected chi connectivity index (χ0v) is 21.3. The van der Waals surface area contributed by atoms with Crippen LogP contribution in [0.2, 0.25) is 0 Å². The molecule has 0 aliphatic carbocycles. The van der Waals surface area contributed by atoms with Gasteiger partial charge in [-0.05, 0) is 43.6 Å². The van der Waals surface area contributed by atoms with Crippen LogP contribution in [0.5, 0.6) is 5.75 Å². The summed E-state index contributed by atoms with van der Waals surface area (Å²) >= 11 is 1.69. The van der Waals surface area contributed by atoms with Gasteiger partial charge in [0.15, 0.2) is 11.1 Å². The molecule has 2 N–H and O–H groups in total. The van der Waals surface area contributed by atoms with Gasteiger partial charge in [-0.25, -0.2) is 4.98 Å². The highest BCUT2D eigenvalue weighted by Crippen LogP contribution is 2.27. The lowest BCUT2D eigenvalue weighted by molar-refractivity contribution is 0.167. The van der Waals surface area contributed by atoms with E-state index in [1.54, 1.807) is 18.4 Å². The van der Waals surface area contributed by atoms with E-state index in [-0.39, 0.29) is 30.0 Å². The van der Waals surface area contributed by atoms with Crippen molar-refractivity contribution in [3.05, 3.63) is 41.4 Å². The zero-order chi connectivity index (χ0) is 20.8. The number of aliphatic imine (C=N–C) groups is 1. The minimum absolute atomic E-state index is 0. The summed E-state index contributed by atoms with van der Waals surface area (Å²) in [4.78, 5) is 16.3. The maximum absolute atomic E-state index is 6.42. The van der Waals surface area contributed by atoms with Crippen LogP contribution in [-0.4, -0.2) is 73.7 Å². The molecule has 170 valence electrons. The van der Waals surface area contributed by atoms with Gasteiger partial charge in [0.05, 0.1) is 19.7 Å². The Hall–Kier alpha value is -1.59. The van der Waals surface area contributed by atoms with E-state index in [4.69, 9.17) is 15.5 Å². The van der Waals surface area contributed by atoms with Crippen molar-refractivity contribution in [2.45, 2.75) is 25.3 Å². The molecular weight excluding hydrogens is 523 g/mol. The Labute approximate surface area is 206 Å². The Balaban J connectivity index is 0.00000272. The SMILES string of the molecule is COc1ccc(C(CN=C(N)N2CCN(c3nccs3)CC2)N2CCCCC2)cc1.I. The van der Waals surface area contributed by atoms with E-state index in [2.05, 4.69) is 31.8 Å². The van der Waals surface area contributed by atoms with Crippen molar-refractivity contribution < 1.29 is 4.74 Å². The summed E-state index contributed by atoms with van der Waals surface area (Å²) in [6, 6.07) is 8.66. The van der Waals surface area contributed by atoms with Gasteiger partial charge in [0, 0.05) is 37.8 Å². The molecule has 2 aliphatic rings. The monoisotopic (exact) mass is 556 g/mol. The van der Waals surface area contributed by atoms with Crippen molar-refractivity contribution in [2.24, 2.45) is 10.7 Å². The molecule has 31 heavy (non-hydrogen) atoms. The third-order valence-corrected chi connectivity index (χ3v) is 6.88. The summed E-state index contributed by atoms with van der Waals surface area (Å²) < 4.78 is 5.33. The third kappa shape index (κ3) is 6.23. The number of guanidine groups is 1. The third-order valence-electron chi connectivity index (χ3n) is 6.05. The number of halogens is 1. The van der Waals surface area contributed by atoms with Crippen LogP contribution in [0.3, 0.4) is 0 Å². The lowest BCUT2D eigenvalue weighted by atomic mass is 10.0. The number of thiazole rings is 1. The fourth-order valence-electron chi connectivity index (χ4n) is 4.27. The Bertz CT molecular complexity index is 802. The molecule has 1 aromatic carbocycles. The summed E-state index contributed by atoms with van der Waals surface area (Å²) in [5, 5.41) is 3.12. The number of nitrogens with zero attached hydrogens (tertiary/aromatic N) is 5. The smallest absolute Gasteiger partial charge is 0.191 e. The van der Waals surface area contributed by atoms with E-state index in [0.717, 1.165) is 50.1 Å². The van der Waals surface area contributed by atoms with Crippen molar-refractivity contribution in [3.63, 3.8) is 0 Å². The molecule has 1 aromatic heterocycles. The number of ether oxygens (including phenoxy) is 1. The Kier molecular flexibility index (Phi) is 9.21. The van der Waals surface area contributed by atoms with E-state index in [1.807, 2.05) is 23.7 Å². The molecule has 2 aliphatic heterocycles. The predicted molar refractivity (Wildman–Crippen MR) is 139 cm³/mol. The predicted octanol–water partition coefficient (Wildman–Crippen LogP) is 3.43. The first-order valence-electron chi connectivity index (χ1n) is 10.8. The number of piperazine rings is 1. The molecule has 2 fully saturated rings. The molecule has 3 heterocycles. The standard InChI is InChI=1S/C22H32N6OS.HI/c1-29-19-7-5-18(6-8-19)20(26-10-3-2-4-11-26)17-25-21(23)27-12-14-28(15-13-27)22-24-9-16-30-22;/h5-9,16,20H,2-4,10-15,17H2,1H3,(H2,23,25);1H. The van der Waals surface area contributed by atoms with Crippen LogP contribution in [-0.2, 0) is 0 Å². The number of rotatable bonds is 6. The van der Waals surface area contributed by atoms with Gasteiger partial charge in [-0.2, -0.15) is 0 Å². The number of piperidine rings is 1. The van der Waals surface area contributed by atoms with Crippen molar-refractivity contribution >= 4 is 46.4 Å². The van der Waals surface area contributed by atoms with Crippen LogP contribution >= 0.6 is 35.3 Å². The second kappa shape index (κ2) is 11.9. The van der Waals surface area contributed by atoms with Crippen molar-refractivity contribution in [3.8, 4) is 5.75 Å². The highest BCUT2D eigenvalue weighted by molar-refractivity contribution is 14.0. The lowest BCUT2D eigenvalue weighted by Gasteiger charge is -2.36. The van der Waals surface area contributed by atoms with E-state index < -0.39 is 0 Å². The fraction of sp³-hybridized carbons (Fsp3) is 0.545. The van der Waals surface area contributed by atoms with Crippen LogP contribution in [0.25, 0.3) is 0 Å². The van der Waals surface area contributed by atoms with Gasteiger partial charge >= 0.3 is 0 Å². The van der Waals surface area contributed by atoms with E-state index in [0.29, 0.717) is 12.5 Å². The van der Waals surface area contributed by atoms with Gasteiger partial charge in [-0.1, -0.05) is 18.6 Å². The van der Waals surface area contributed by atoms with Crippen molar-refractivity contribution in [1.29, 1.82) is 0 Å². The average molecular weight is 557 g/mol. The van der Waals surface area contributed by atoms with Crippen molar-refractivity contribution in [1.82, 2.24) is 14.8 Å². The maximum Gasteiger partial charge on any atom is 0.191 e. The van der Waals surface area contributed by atoms with Crippen LogP contribution in [0.4, 0.5) is 5.13 Å². The number of hydrogen-bond donors (Lipinski definition) is 1. The minimum Gasteiger partial charge on any atom is -0.497 e. The lowest BCUT2D eigenvalue weighted by Crippen LogP contribution is -2.51. The van der Waals surface area contributed by atoms with Crippen LogP contribution < -0.4 is 15.4 Å². The van der Waals surface area contributed by atoms with Gasteiger partial charge in [0.1, 0.15) is 5.75 Å². The highest BCUT2D eigenvalue weighted by Gasteiger charge is 2.24. The minimum atomic E-state index is 0. The first-order chi connectivity index (χ1) is 14.7. The molecule has 0 spiro atoms. The molecule has 0 amide bonds. The number of methoxy groups -OCH3 is 1. The van der Waals surface area contributed by atoms with Crippen molar-refractivity contribution in [2.75, 3.05) is 57.8 Å². The summed E-state index contributed by atoms with van der Waals surface area (Å²) in [5.74, 6) is 1.54. The number of likely N-dealkylation sites (tertiary alicyclic amines) is 1. The number of benzene rings is 1. The summed E-state index contributed by atoms with van der Waals surface area (Å²) in [7, 11) is 1.70. The Morgan fingerprint density at radius 2 is 1.81 bits per heavy atom. The molecule has 0 bridgehead atoms. The fourth-order valence-corrected chi connectivity index (χ4v) is 4.96. The largest absolute Gasteiger partial charge is 0.497 e. The van der Waals surface area contributed by atoms with Crippen LogP contribution in [0.1, 0.15) is 30.9 Å². The van der Waals surface area contributed by atoms with E-state index in [9.17, 15) is 0 Å². The van der Waals surface area contributed by atoms with Gasteiger partial charge in [-0.15, -0.1) is 35.3 Å². The molecule has 0 radical (unpaired) electrons. The Morgan fingerprint density at radius 1 is 1.10 bits per heavy atom. The van der Waals surface area contributed by atoms with Gasteiger partial charge in [0.25, 0.3) is 0 Å². The van der Waals surface area contributed by atoms with Gasteiger partial charge in [-0.3, -0.25) is 9.89 Å². The van der Waals surface area contributed by atoms with Gasteiger partial charge in [0.2, 0.25) is 0 Å². The number of aromatic nitrogens is 1. The first-order valence-corrected chi connectivity index (χ1v) is 11.7. The molecule has 1 unspecified atom stereocenters. The first kappa shape index (κ1) is 24.1. The normalized spacial score (nSPS) is 19.1. The van der Waals surface area contributed by atoms with Crippen LogP contribution in [0.15, 0.2) is 40.8 Å². The topological polar surface area (TPSA) is 70.2 Å². The van der Waals surface area contributed by atoms with E-state index in [1.165, 1.54) is 24.8 Å². The number of nitrogens with two attached hydrogens (primary N) is 1. The second-order valence-electron chi connectivity index (χ2n) is 7.87. The highest BCUT2D eigenvalue weighted by atomic mass is 127. The maximum atomic E-state index is 6.42. The zero-order valence-electron chi connectivity index (χ0n) is 18.2. The molecule has 0 saturated carbocycles. The number of anilines is 1. The molecule has 2 saturated heterocycles. The molecule has 4 rings (SSSR count). The summed E-state index contributed by atoms with van der Waals surface area (Å²) in [6.07, 6.45) is 5.69. The second-order valence-corrected chi connectivity index (χ2v) is 8.75. The average Bonchev–Trinajstić information content (AvgIpc) is 3.35. The van der Waals surface area contributed by atoms with E-state index >= 15 is 0 Å². The summed E-state index contributed by atoms with van der Waals surface area (Å²) in [6.45, 7) is 6.55. The van der Waals surface area contributed by atoms with Crippen LogP contribution in [0, 0.1) is 0 Å². The molecule has 1 atom stereocenters. The quantitative estimate of drug-likeness (QED) is 0.334. The Morgan fingerprint density at radius 3 is 2.42 bits per heavy atom. The molecular formula is C22H33IN6OS. The molecule has 2 aromatic rings. The molecule has 7 nitrogen and oxygen atoms in total. The van der Waals surface area contributed by atoms with Gasteiger partial charge < -0.3 is 20.3 Å². The number of hydrogen-bond acceptors (Lipinski definition) is 6. The summed E-state index contributed by atoms with van der Waals surface area (Å²) in [5.41, 5.74) is 7.70.